The molecule has 0 radical (unpaired) electrons. The summed E-state index contributed by atoms with van der Waals surface area (Å²) in [5.41, 5.74) is 0.283. The molecule has 0 saturated heterocycles. The molecule has 0 aliphatic carbocycles. The molecule has 3 rings (SSSR count). The number of nitrogens with zero attached hydrogens (tertiary/aromatic N) is 2. The lowest BCUT2D eigenvalue weighted by Gasteiger charge is -2.35. The molecular weight excluding hydrogens is 618 g/mol. The minimum atomic E-state index is -4.35. The molecule has 1 unspecified atom stereocenters. The van der Waals surface area contributed by atoms with Crippen LogP contribution in [0.4, 0.5) is 5.69 Å². The highest BCUT2D eigenvalue weighted by atomic mass is 35.5. The number of hydrogen-bond acceptors (Lipinski definition) is 7. The maximum atomic E-state index is 14.3. The average Bonchev–Trinajstić information content (AvgIpc) is 2.99. The van der Waals surface area contributed by atoms with Crippen molar-refractivity contribution in [3.63, 3.8) is 0 Å². The predicted molar refractivity (Wildman–Crippen MR) is 176 cm³/mol. The molecule has 12 heteroatoms. The Balaban J connectivity index is 2.13. The van der Waals surface area contributed by atoms with E-state index in [0.29, 0.717) is 28.7 Å². The smallest absolute Gasteiger partial charge is 0.264 e. The lowest BCUT2D eigenvalue weighted by molar-refractivity contribution is -0.141. The number of carbonyl (C=O) groups excluding carboxylic acids is 2. The normalized spacial score (nSPS) is 12.2. The molecule has 1 N–H and O–H groups in total. The Bertz CT molecular complexity index is 1570. The van der Waals surface area contributed by atoms with Crippen LogP contribution < -0.4 is 23.8 Å². The van der Waals surface area contributed by atoms with E-state index in [4.69, 9.17) is 25.8 Å². The molecule has 3 aromatic carbocycles. The zero-order valence-electron chi connectivity index (χ0n) is 26.8. The quantitative estimate of drug-likeness (QED) is 0.237. The summed E-state index contributed by atoms with van der Waals surface area (Å²) < 4.78 is 45.7. The lowest BCUT2D eigenvalue weighted by atomic mass is 10.1. The van der Waals surface area contributed by atoms with Crippen LogP contribution in [0.15, 0.2) is 71.6 Å². The van der Waals surface area contributed by atoms with Gasteiger partial charge in [0.05, 0.1) is 31.4 Å². The number of nitrogens with one attached hydrogen (secondary N) is 1. The monoisotopic (exact) mass is 659 g/mol. The summed E-state index contributed by atoms with van der Waals surface area (Å²) in [6, 6.07) is 16.7. The largest absolute Gasteiger partial charge is 0.494 e. The second-order valence-electron chi connectivity index (χ2n) is 11.2. The molecule has 0 aromatic heterocycles. The van der Waals surface area contributed by atoms with E-state index >= 15 is 0 Å². The van der Waals surface area contributed by atoms with Crippen LogP contribution in [0.25, 0.3) is 0 Å². The van der Waals surface area contributed by atoms with E-state index in [1.165, 1.54) is 37.3 Å². The molecule has 45 heavy (non-hydrogen) atoms. The number of amides is 2. The molecule has 0 fully saturated rings. The number of hydrogen-bond donors (Lipinski definition) is 1. The Morgan fingerprint density at radius 3 is 2.13 bits per heavy atom. The first-order chi connectivity index (χ1) is 21.2. The van der Waals surface area contributed by atoms with Gasteiger partial charge in [-0.1, -0.05) is 36.7 Å². The summed E-state index contributed by atoms with van der Waals surface area (Å²) in [6.45, 7) is 9.00. The Kier molecular flexibility index (Phi) is 12.1. The third kappa shape index (κ3) is 9.04. The lowest BCUT2D eigenvalue weighted by Crippen LogP contribution is -2.55. The first kappa shape index (κ1) is 35.5. The van der Waals surface area contributed by atoms with E-state index in [1.807, 2.05) is 27.7 Å². The number of halogens is 1. The van der Waals surface area contributed by atoms with Gasteiger partial charge >= 0.3 is 0 Å². The fourth-order valence-electron chi connectivity index (χ4n) is 4.69. The summed E-state index contributed by atoms with van der Waals surface area (Å²) >= 11 is 6.48. The molecule has 2 amide bonds. The highest BCUT2D eigenvalue weighted by molar-refractivity contribution is 7.92. The average molecular weight is 660 g/mol. The molecule has 10 nitrogen and oxygen atoms in total. The highest BCUT2D eigenvalue weighted by Gasteiger charge is 2.35. The van der Waals surface area contributed by atoms with Gasteiger partial charge in [-0.05, 0) is 82.1 Å². The van der Waals surface area contributed by atoms with Gasteiger partial charge in [0.1, 0.15) is 18.3 Å². The van der Waals surface area contributed by atoms with Crippen molar-refractivity contribution < 1.29 is 32.2 Å². The Labute approximate surface area is 271 Å². The van der Waals surface area contributed by atoms with Gasteiger partial charge in [-0.2, -0.15) is 0 Å². The zero-order chi connectivity index (χ0) is 33.4. The fourth-order valence-corrected chi connectivity index (χ4v) is 6.32. The van der Waals surface area contributed by atoms with E-state index in [1.54, 1.807) is 55.5 Å². The van der Waals surface area contributed by atoms with Crippen LogP contribution in [0.5, 0.6) is 17.2 Å². The second kappa shape index (κ2) is 15.4. The van der Waals surface area contributed by atoms with Crippen molar-refractivity contribution in [2.75, 3.05) is 31.7 Å². The Hall–Kier alpha value is -3.96. The SMILES string of the molecule is CCOc1ccc(N(CC(=O)N(Cc2ccccc2Cl)C(CC)C(=O)NC(C)(C)C)S(=O)(=O)c2ccc(OC)c(OC)c2)cc1. The van der Waals surface area contributed by atoms with Crippen LogP contribution in [0, 0.1) is 0 Å². The zero-order valence-corrected chi connectivity index (χ0v) is 28.4. The number of benzene rings is 3. The summed E-state index contributed by atoms with van der Waals surface area (Å²) in [5, 5.41) is 3.37. The predicted octanol–water partition coefficient (Wildman–Crippen LogP) is 5.67. The summed E-state index contributed by atoms with van der Waals surface area (Å²) in [7, 11) is -1.49. The van der Waals surface area contributed by atoms with Gasteiger partial charge in [-0.25, -0.2) is 8.42 Å². The molecule has 244 valence electrons. The van der Waals surface area contributed by atoms with E-state index in [2.05, 4.69) is 5.32 Å². The minimum absolute atomic E-state index is 0.0118. The summed E-state index contributed by atoms with van der Waals surface area (Å²) in [6.07, 6.45) is 0.281. The standard InChI is InChI=1S/C33H42ClN3O7S/c1-8-28(32(39)35-33(3,4)5)36(21-23-12-10-11-13-27(23)34)31(38)22-37(24-14-16-25(17-15-24)44-9-2)45(40,41)26-18-19-29(42-6)30(20-26)43-7/h10-20,28H,8-9,21-22H2,1-7H3,(H,35,39). The number of sulfonamides is 1. The van der Waals surface area contributed by atoms with Crippen LogP contribution >= 0.6 is 11.6 Å². The Morgan fingerprint density at radius 2 is 1.58 bits per heavy atom. The molecule has 0 aliphatic rings. The van der Waals surface area contributed by atoms with Gasteiger partial charge in [-0.3, -0.25) is 13.9 Å². The van der Waals surface area contributed by atoms with Crippen LogP contribution in [0.3, 0.4) is 0 Å². The molecule has 0 heterocycles. The molecule has 1 atom stereocenters. The third-order valence-corrected chi connectivity index (χ3v) is 8.98. The highest BCUT2D eigenvalue weighted by Crippen LogP contribution is 2.33. The molecule has 3 aromatic rings. The second-order valence-corrected chi connectivity index (χ2v) is 13.5. The van der Waals surface area contributed by atoms with Crippen molar-refractivity contribution in [3.8, 4) is 17.2 Å². The van der Waals surface area contributed by atoms with Crippen molar-refractivity contribution in [3.05, 3.63) is 77.3 Å². The maximum Gasteiger partial charge on any atom is 0.264 e. The minimum Gasteiger partial charge on any atom is -0.494 e. The van der Waals surface area contributed by atoms with Gasteiger partial charge in [0, 0.05) is 23.2 Å². The first-order valence-corrected chi connectivity index (χ1v) is 16.4. The maximum absolute atomic E-state index is 14.3. The third-order valence-electron chi connectivity index (χ3n) is 6.84. The van der Waals surface area contributed by atoms with Crippen LogP contribution in [0.2, 0.25) is 5.02 Å². The van der Waals surface area contributed by atoms with Gasteiger partial charge in [-0.15, -0.1) is 0 Å². The number of rotatable bonds is 14. The van der Waals surface area contributed by atoms with E-state index in [0.717, 1.165) is 4.31 Å². The van der Waals surface area contributed by atoms with Crippen molar-refractivity contribution in [1.82, 2.24) is 10.2 Å². The van der Waals surface area contributed by atoms with Crippen molar-refractivity contribution >= 4 is 39.1 Å². The number of carbonyl (C=O) groups is 2. The molecule has 0 spiro atoms. The van der Waals surface area contributed by atoms with Crippen molar-refractivity contribution in [1.29, 1.82) is 0 Å². The molecular formula is C33H42ClN3O7S. The Morgan fingerprint density at radius 1 is 0.933 bits per heavy atom. The van der Waals surface area contributed by atoms with E-state index in [9.17, 15) is 18.0 Å². The number of methoxy groups -OCH3 is 2. The number of anilines is 1. The molecule has 0 bridgehead atoms. The van der Waals surface area contributed by atoms with E-state index < -0.39 is 34.1 Å². The fraction of sp³-hybridized carbons (Fsp3) is 0.394. The van der Waals surface area contributed by atoms with Gasteiger partial charge < -0.3 is 24.4 Å². The van der Waals surface area contributed by atoms with Crippen molar-refractivity contribution in [2.45, 2.75) is 64.1 Å². The van der Waals surface area contributed by atoms with Crippen molar-refractivity contribution in [2.24, 2.45) is 0 Å². The molecule has 0 aliphatic heterocycles. The topological polar surface area (TPSA) is 114 Å². The summed E-state index contributed by atoms with van der Waals surface area (Å²) in [4.78, 5) is 29.1. The van der Waals surface area contributed by atoms with Gasteiger partial charge in [0.25, 0.3) is 10.0 Å². The van der Waals surface area contributed by atoms with Gasteiger partial charge in [0.2, 0.25) is 11.8 Å². The van der Waals surface area contributed by atoms with Gasteiger partial charge in [0.15, 0.2) is 11.5 Å². The van der Waals surface area contributed by atoms with Crippen LogP contribution in [-0.2, 0) is 26.2 Å². The first-order valence-electron chi connectivity index (χ1n) is 14.6. The van der Waals surface area contributed by atoms with E-state index in [-0.39, 0.29) is 35.2 Å². The number of ether oxygens (including phenoxy) is 3. The molecule has 0 saturated carbocycles. The summed E-state index contributed by atoms with van der Waals surface area (Å²) in [5.74, 6) is 0.148. The van der Waals surface area contributed by atoms with Crippen LogP contribution in [-0.4, -0.2) is 64.1 Å². The van der Waals surface area contributed by atoms with Crippen LogP contribution in [0.1, 0.15) is 46.6 Å².